The predicted molar refractivity (Wildman–Crippen MR) is 115 cm³/mol. The molecule has 8 heteroatoms. The molecule has 0 atom stereocenters. The molecule has 2 aromatic rings. The largest absolute Gasteiger partial charge is 0.331 e. The quantitative estimate of drug-likeness (QED) is 0.614. The van der Waals surface area contributed by atoms with E-state index in [4.69, 9.17) is 5.26 Å². The van der Waals surface area contributed by atoms with Crippen molar-refractivity contribution in [2.24, 2.45) is 0 Å². The van der Waals surface area contributed by atoms with Crippen LogP contribution >= 0.6 is 0 Å². The van der Waals surface area contributed by atoms with Crippen molar-refractivity contribution < 1.29 is 17.6 Å². The van der Waals surface area contributed by atoms with E-state index in [1.807, 2.05) is 6.07 Å². The van der Waals surface area contributed by atoms with E-state index in [0.29, 0.717) is 18.7 Å². The first kappa shape index (κ1) is 22.7. The van der Waals surface area contributed by atoms with E-state index in [0.717, 1.165) is 37.0 Å². The molecule has 0 bridgehead atoms. The third-order valence-electron chi connectivity index (χ3n) is 5.20. The molecule has 1 heterocycles. The average molecular weight is 442 g/mol. The molecule has 1 fully saturated rings. The van der Waals surface area contributed by atoms with E-state index in [1.165, 1.54) is 15.3 Å². The minimum Gasteiger partial charge on any atom is -0.331 e. The summed E-state index contributed by atoms with van der Waals surface area (Å²) >= 11 is 0. The number of nitriles is 1. The van der Waals surface area contributed by atoms with Gasteiger partial charge >= 0.3 is 0 Å². The molecule has 0 aromatic heterocycles. The van der Waals surface area contributed by atoms with Crippen molar-refractivity contribution >= 4 is 15.9 Å². The molecule has 0 unspecified atom stereocenters. The zero-order valence-electron chi connectivity index (χ0n) is 17.1. The lowest BCUT2D eigenvalue weighted by Crippen LogP contribution is -2.36. The Kier molecular flexibility index (Phi) is 7.21. The second kappa shape index (κ2) is 9.86. The Hall–Kier alpha value is -3.02. The molecule has 0 spiro atoms. The molecular formula is C23H24FN3O3S. The van der Waals surface area contributed by atoms with E-state index < -0.39 is 26.6 Å². The van der Waals surface area contributed by atoms with Crippen LogP contribution in [0.5, 0.6) is 0 Å². The van der Waals surface area contributed by atoms with Gasteiger partial charge in [-0.3, -0.25) is 4.79 Å². The van der Waals surface area contributed by atoms with Gasteiger partial charge in [0.05, 0.1) is 11.6 Å². The van der Waals surface area contributed by atoms with E-state index in [9.17, 15) is 17.6 Å². The van der Waals surface area contributed by atoms with Crippen LogP contribution in [-0.2, 0) is 16.6 Å². The molecule has 1 aliphatic rings. The molecule has 2 aromatic carbocycles. The fourth-order valence-electron chi connectivity index (χ4n) is 3.54. The van der Waals surface area contributed by atoms with Gasteiger partial charge in [-0.25, -0.2) is 12.8 Å². The van der Waals surface area contributed by atoms with Gasteiger partial charge in [0.2, 0.25) is 10.0 Å². The van der Waals surface area contributed by atoms with Crippen LogP contribution in [-0.4, -0.2) is 43.2 Å². The maximum atomic E-state index is 14.5. The van der Waals surface area contributed by atoms with Crippen LogP contribution in [0.15, 0.2) is 60.0 Å². The van der Waals surface area contributed by atoms with Gasteiger partial charge in [0.1, 0.15) is 10.7 Å². The SMILES string of the molecule is C=CCN(Cc1ccc(C#N)cc1)C(=O)c1ccc(F)c(S(=O)(=O)N2CCCCC2)c1. The van der Waals surface area contributed by atoms with Crippen molar-refractivity contribution in [3.8, 4) is 6.07 Å². The standard InChI is InChI=1S/C23H24FN3O3S/c1-2-12-26(17-19-8-6-18(16-25)7-9-19)23(28)20-10-11-21(24)22(15-20)31(29,30)27-13-4-3-5-14-27/h2,6-11,15H,1,3-5,12-14,17H2. The third-order valence-corrected chi connectivity index (χ3v) is 7.12. The summed E-state index contributed by atoms with van der Waals surface area (Å²) in [5.74, 6) is -1.30. The minimum atomic E-state index is -4.02. The van der Waals surface area contributed by atoms with Crippen molar-refractivity contribution in [3.63, 3.8) is 0 Å². The average Bonchev–Trinajstić information content (AvgIpc) is 2.79. The minimum absolute atomic E-state index is 0.0903. The van der Waals surface area contributed by atoms with Gasteiger partial charge in [-0.15, -0.1) is 6.58 Å². The molecule has 0 saturated carbocycles. The monoisotopic (exact) mass is 441 g/mol. The number of hydrogen-bond acceptors (Lipinski definition) is 4. The van der Waals surface area contributed by atoms with Gasteiger partial charge in [-0.05, 0) is 48.7 Å². The van der Waals surface area contributed by atoms with Gasteiger partial charge in [0.15, 0.2) is 0 Å². The number of amides is 1. The topological polar surface area (TPSA) is 81.5 Å². The molecule has 31 heavy (non-hydrogen) atoms. The van der Waals surface area contributed by atoms with Crippen LogP contribution in [0.1, 0.15) is 40.7 Å². The van der Waals surface area contributed by atoms with Crippen LogP contribution in [0.2, 0.25) is 0 Å². The van der Waals surface area contributed by atoms with Gasteiger partial charge in [0, 0.05) is 31.7 Å². The zero-order valence-corrected chi connectivity index (χ0v) is 17.9. The van der Waals surface area contributed by atoms with Crippen molar-refractivity contribution in [2.75, 3.05) is 19.6 Å². The summed E-state index contributed by atoms with van der Waals surface area (Å²) in [4.78, 5) is 14.1. The van der Waals surface area contributed by atoms with Crippen LogP contribution in [0.4, 0.5) is 4.39 Å². The number of carbonyl (C=O) groups excluding carboxylic acids is 1. The smallest absolute Gasteiger partial charge is 0.254 e. The Balaban J connectivity index is 1.88. The number of benzene rings is 2. The number of rotatable bonds is 7. The Labute approximate surface area is 182 Å². The Bertz CT molecular complexity index is 1100. The summed E-state index contributed by atoms with van der Waals surface area (Å²) in [5, 5.41) is 8.93. The molecule has 162 valence electrons. The molecular weight excluding hydrogens is 417 g/mol. The van der Waals surface area contributed by atoms with E-state index >= 15 is 0 Å². The summed E-state index contributed by atoms with van der Waals surface area (Å²) in [5.41, 5.74) is 1.40. The van der Waals surface area contributed by atoms with Crippen molar-refractivity contribution in [1.29, 1.82) is 5.26 Å². The summed E-state index contributed by atoms with van der Waals surface area (Å²) in [6.45, 7) is 4.84. The molecule has 1 amide bonds. The number of sulfonamides is 1. The number of piperidine rings is 1. The van der Waals surface area contributed by atoms with Crippen LogP contribution in [0, 0.1) is 17.1 Å². The number of halogens is 1. The summed E-state index contributed by atoms with van der Waals surface area (Å²) < 4.78 is 41.7. The number of carbonyl (C=O) groups is 1. The fraction of sp³-hybridized carbons (Fsp3) is 0.304. The van der Waals surface area contributed by atoms with Crippen molar-refractivity contribution in [1.82, 2.24) is 9.21 Å². The fourth-order valence-corrected chi connectivity index (χ4v) is 5.15. The third kappa shape index (κ3) is 5.19. The van der Waals surface area contributed by atoms with Gasteiger partial charge < -0.3 is 4.90 Å². The highest BCUT2D eigenvalue weighted by Crippen LogP contribution is 2.25. The van der Waals surface area contributed by atoms with E-state index in [2.05, 4.69) is 6.58 Å². The highest BCUT2D eigenvalue weighted by Gasteiger charge is 2.30. The Morgan fingerprint density at radius 1 is 1.16 bits per heavy atom. The second-order valence-corrected chi connectivity index (χ2v) is 9.30. The molecule has 1 aliphatic heterocycles. The van der Waals surface area contributed by atoms with Gasteiger partial charge in [0.25, 0.3) is 5.91 Å². The molecule has 1 saturated heterocycles. The second-order valence-electron chi connectivity index (χ2n) is 7.39. The zero-order chi connectivity index (χ0) is 22.4. The highest BCUT2D eigenvalue weighted by molar-refractivity contribution is 7.89. The maximum absolute atomic E-state index is 14.5. The van der Waals surface area contributed by atoms with Crippen LogP contribution in [0.25, 0.3) is 0 Å². The first-order valence-corrected chi connectivity index (χ1v) is 11.5. The molecule has 0 aliphatic carbocycles. The lowest BCUT2D eigenvalue weighted by atomic mass is 10.1. The Morgan fingerprint density at radius 2 is 1.84 bits per heavy atom. The lowest BCUT2D eigenvalue weighted by Gasteiger charge is -2.26. The summed E-state index contributed by atoms with van der Waals surface area (Å²) in [6.07, 6.45) is 3.98. The van der Waals surface area contributed by atoms with Gasteiger partial charge in [-0.1, -0.05) is 24.6 Å². The van der Waals surface area contributed by atoms with Crippen LogP contribution in [0.3, 0.4) is 0 Å². The number of hydrogen-bond donors (Lipinski definition) is 0. The van der Waals surface area contributed by atoms with Crippen LogP contribution < -0.4 is 0 Å². The highest BCUT2D eigenvalue weighted by atomic mass is 32.2. The summed E-state index contributed by atoms with van der Waals surface area (Å²) in [7, 11) is -4.02. The van der Waals surface area contributed by atoms with Gasteiger partial charge in [-0.2, -0.15) is 9.57 Å². The predicted octanol–water partition coefficient (Wildman–Crippen LogP) is 3.70. The Morgan fingerprint density at radius 3 is 2.45 bits per heavy atom. The number of nitrogens with zero attached hydrogens (tertiary/aromatic N) is 3. The lowest BCUT2D eigenvalue weighted by molar-refractivity contribution is 0.0762. The summed E-state index contributed by atoms with van der Waals surface area (Å²) in [6, 6.07) is 12.3. The molecule has 3 rings (SSSR count). The first-order valence-electron chi connectivity index (χ1n) is 10.1. The molecule has 6 nitrogen and oxygen atoms in total. The van der Waals surface area contributed by atoms with Crippen molar-refractivity contribution in [3.05, 3.63) is 77.6 Å². The maximum Gasteiger partial charge on any atom is 0.254 e. The molecule has 0 radical (unpaired) electrons. The first-order chi connectivity index (χ1) is 14.9. The normalized spacial score (nSPS) is 14.6. The molecule has 0 N–H and O–H groups in total. The van der Waals surface area contributed by atoms with Crippen molar-refractivity contribution in [2.45, 2.75) is 30.7 Å². The van der Waals surface area contributed by atoms with E-state index in [1.54, 1.807) is 30.3 Å². The van der Waals surface area contributed by atoms with E-state index in [-0.39, 0.29) is 18.7 Å².